The SMILES string of the molecule is C=Cc1ccccc1CCC(F)(F)C(F)(F)C(F)(F)C(F)(F)C(F)(F)C(F)(F)F. The van der Waals surface area contributed by atoms with Crippen molar-refractivity contribution in [2.75, 3.05) is 0 Å². The summed E-state index contributed by atoms with van der Waals surface area (Å²) in [6.45, 7) is 3.26. The summed E-state index contributed by atoms with van der Waals surface area (Å²) in [5, 5.41) is 0. The number of alkyl halides is 13. The Morgan fingerprint density at radius 2 is 1.10 bits per heavy atom. The molecule has 0 saturated heterocycles. The molecule has 0 aliphatic carbocycles. The van der Waals surface area contributed by atoms with Crippen LogP contribution in [-0.2, 0) is 6.42 Å². The molecule has 0 aliphatic rings. The van der Waals surface area contributed by atoms with Gasteiger partial charge in [-0.15, -0.1) is 0 Å². The summed E-state index contributed by atoms with van der Waals surface area (Å²) >= 11 is 0. The zero-order chi connectivity index (χ0) is 23.1. The number of hydrogen-bond acceptors (Lipinski definition) is 0. The van der Waals surface area contributed by atoms with E-state index in [9.17, 15) is 57.1 Å². The van der Waals surface area contributed by atoms with E-state index in [2.05, 4.69) is 6.58 Å². The van der Waals surface area contributed by atoms with Crippen molar-refractivity contribution < 1.29 is 57.1 Å². The van der Waals surface area contributed by atoms with Gasteiger partial charge in [0.15, 0.2) is 0 Å². The second-order valence-electron chi connectivity index (χ2n) is 5.90. The first-order valence-corrected chi connectivity index (χ1v) is 7.44. The molecule has 29 heavy (non-hydrogen) atoms. The molecule has 166 valence electrons. The number of halogens is 13. The summed E-state index contributed by atoms with van der Waals surface area (Å²) in [4.78, 5) is 0. The molecule has 0 unspecified atom stereocenters. The van der Waals surface area contributed by atoms with Crippen LogP contribution in [0.2, 0.25) is 0 Å². The smallest absolute Gasteiger partial charge is 0.200 e. The summed E-state index contributed by atoms with van der Waals surface area (Å²) < 4.78 is 169. The molecule has 0 atom stereocenters. The van der Waals surface area contributed by atoms with Crippen LogP contribution in [0.25, 0.3) is 6.08 Å². The Morgan fingerprint density at radius 3 is 1.55 bits per heavy atom. The summed E-state index contributed by atoms with van der Waals surface area (Å²) in [6, 6.07) is 4.92. The highest BCUT2D eigenvalue weighted by molar-refractivity contribution is 5.51. The van der Waals surface area contributed by atoms with Gasteiger partial charge in [-0.05, 0) is 17.5 Å². The fraction of sp³-hybridized carbons (Fsp3) is 0.500. The van der Waals surface area contributed by atoms with E-state index in [0.29, 0.717) is 0 Å². The van der Waals surface area contributed by atoms with E-state index in [4.69, 9.17) is 0 Å². The van der Waals surface area contributed by atoms with Crippen molar-refractivity contribution >= 4 is 6.08 Å². The molecule has 0 N–H and O–H groups in total. The fourth-order valence-electron chi connectivity index (χ4n) is 2.21. The fourth-order valence-corrected chi connectivity index (χ4v) is 2.21. The number of aryl methyl sites for hydroxylation is 1. The Balaban J connectivity index is 3.30. The van der Waals surface area contributed by atoms with Gasteiger partial charge in [-0.2, -0.15) is 57.1 Å². The molecule has 0 saturated carbocycles. The zero-order valence-corrected chi connectivity index (χ0v) is 13.9. The third-order valence-corrected chi connectivity index (χ3v) is 3.98. The minimum atomic E-state index is -7.87. The number of rotatable bonds is 8. The minimum absolute atomic E-state index is 0.0901. The van der Waals surface area contributed by atoms with Crippen LogP contribution in [-0.4, -0.2) is 35.8 Å². The van der Waals surface area contributed by atoms with E-state index in [0.717, 1.165) is 12.1 Å². The van der Waals surface area contributed by atoms with E-state index in [-0.39, 0.29) is 11.1 Å². The van der Waals surface area contributed by atoms with Crippen LogP contribution in [0.4, 0.5) is 57.1 Å². The van der Waals surface area contributed by atoms with Gasteiger partial charge in [0.25, 0.3) is 0 Å². The average Bonchev–Trinajstić information content (AvgIpc) is 2.58. The highest BCUT2D eigenvalue weighted by atomic mass is 19.4. The topological polar surface area (TPSA) is 0 Å². The maximum Gasteiger partial charge on any atom is 0.460 e. The Bertz CT molecular complexity index is 731. The lowest BCUT2D eigenvalue weighted by atomic mass is 9.90. The van der Waals surface area contributed by atoms with E-state index in [1.807, 2.05) is 0 Å². The quantitative estimate of drug-likeness (QED) is 0.374. The van der Waals surface area contributed by atoms with Crippen molar-refractivity contribution in [3.63, 3.8) is 0 Å². The van der Waals surface area contributed by atoms with Crippen molar-refractivity contribution in [2.45, 2.75) is 48.6 Å². The summed E-state index contributed by atoms with van der Waals surface area (Å²) in [5.74, 6) is -36.7. The van der Waals surface area contributed by atoms with Gasteiger partial charge >= 0.3 is 35.8 Å². The third-order valence-electron chi connectivity index (χ3n) is 3.98. The first-order valence-electron chi connectivity index (χ1n) is 7.44. The molecular weight excluding hydrogens is 439 g/mol. The lowest BCUT2D eigenvalue weighted by Crippen LogP contribution is -2.70. The second-order valence-corrected chi connectivity index (χ2v) is 5.90. The summed E-state index contributed by atoms with van der Waals surface area (Å²) in [5.41, 5.74) is -0.0685. The van der Waals surface area contributed by atoms with E-state index >= 15 is 0 Å². The first kappa shape index (κ1) is 25.1. The molecule has 13 heteroatoms. The van der Waals surface area contributed by atoms with Gasteiger partial charge in [-0.1, -0.05) is 36.9 Å². The first-order chi connectivity index (χ1) is 12.8. The maximum atomic E-state index is 13.7. The standard InChI is InChI=1S/C16H11F13/c1-2-9-5-3-4-6-10(9)7-8-11(17,18)12(19,20)13(21,22)14(23,24)15(25,26)16(27,28)29/h2-6H,1,7-8H2. The summed E-state index contributed by atoms with van der Waals surface area (Å²) in [7, 11) is 0. The van der Waals surface area contributed by atoms with Gasteiger partial charge in [-0.3, -0.25) is 0 Å². The van der Waals surface area contributed by atoms with Gasteiger partial charge in [0.05, 0.1) is 0 Å². The van der Waals surface area contributed by atoms with Gasteiger partial charge < -0.3 is 0 Å². The Hall–Kier alpha value is -1.95. The van der Waals surface area contributed by atoms with Crippen LogP contribution in [0.1, 0.15) is 17.5 Å². The van der Waals surface area contributed by atoms with Crippen LogP contribution in [0.5, 0.6) is 0 Å². The normalized spacial score (nSPS) is 14.8. The molecule has 0 bridgehead atoms. The lowest BCUT2D eigenvalue weighted by molar-refractivity contribution is -0.440. The lowest BCUT2D eigenvalue weighted by Gasteiger charge is -2.39. The molecule has 0 amide bonds. The van der Waals surface area contributed by atoms with Crippen LogP contribution in [0, 0.1) is 0 Å². The molecule has 1 aromatic carbocycles. The van der Waals surface area contributed by atoms with Crippen LogP contribution < -0.4 is 0 Å². The molecule has 0 aliphatic heterocycles. The molecule has 0 heterocycles. The Labute approximate surface area is 155 Å². The molecule has 0 nitrogen and oxygen atoms in total. The van der Waals surface area contributed by atoms with Crippen LogP contribution in [0.3, 0.4) is 0 Å². The molecule has 0 aromatic heterocycles. The van der Waals surface area contributed by atoms with Gasteiger partial charge in [0, 0.05) is 6.42 Å². The second kappa shape index (κ2) is 7.38. The monoisotopic (exact) mass is 450 g/mol. The predicted octanol–water partition coefficient (Wildman–Crippen LogP) is 7.00. The van der Waals surface area contributed by atoms with Crippen LogP contribution in [0.15, 0.2) is 30.8 Å². The van der Waals surface area contributed by atoms with Crippen molar-refractivity contribution in [3.8, 4) is 0 Å². The minimum Gasteiger partial charge on any atom is -0.200 e. The third kappa shape index (κ3) is 3.91. The van der Waals surface area contributed by atoms with Gasteiger partial charge in [0.2, 0.25) is 0 Å². The molecule has 1 aromatic rings. The van der Waals surface area contributed by atoms with Crippen molar-refractivity contribution in [1.82, 2.24) is 0 Å². The number of hydrogen-bond donors (Lipinski definition) is 0. The highest BCUT2D eigenvalue weighted by Gasteiger charge is 2.90. The van der Waals surface area contributed by atoms with Crippen molar-refractivity contribution in [1.29, 1.82) is 0 Å². The van der Waals surface area contributed by atoms with Gasteiger partial charge in [0.1, 0.15) is 0 Å². The number of benzene rings is 1. The predicted molar refractivity (Wildman–Crippen MR) is 75.6 cm³/mol. The van der Waals surface area contributed by atoms with Crippen LogP contribution >= 0.6 is 0 Å². The Morgan fingerprint density at radius 1 is 0.655 bits per heavy atom. The molecular formula is C16H11F13. The van der Waals surface area contributed by atoms with Crippen molar-refractivity contribution in [3.05, 3.63) is 42.0 Å². The van der Waals surface area contributed by atoms with Gasteiger partial charge in [-0.25, -0.2) is 0 Å². The Kier molecular flexibility index (Phi) is 6.39. The molecule has 0 spiro atoms. The average molecular weight is 450 g/mol. The zero-order valence-electron chi connectivity index (χ0n) is 13.9. The molecule has 1 rings (SSSR count). The molecule has 0 fully saturated rings. The highest BCUT2D eigenvalue weighted by Crippen LogP contribution is 2.60. The van der Waals surface area contributed by atoms with Crippen molar-refractivity contribution in [2.24, 2.45) is 0 Å². The van der Waals surface area contributed by atoms with E-state index < -0.39 is 48.6 Å². The maximum absolute atomic E-state index is 13.7. The molecule has 0 radical (unpaired) electrons. The summed E-state index contributed by atoms with van der Waals surface area (Å²) in [6.07, 6.45) is -9.72. The largest absolute Gasteiger partial charge is 0.460 e. The van der Waals surface area contributed by atoms with E-state index in [1.165, 1.54) is 18.2 Å². The van der Waals surface area contributed by atoms with E-state index in [1.54, 1.807) is 0 Å².